The van der Waals surface area contributed by atoms with Crippen molar-refractivity contribution in [2.75, 3.05) is 19.8 Å². The fourth-order valence-electron chi connectivity index (χ4n) is 3.62. The third-order valence-electron chi connectivity index (χ3n) is 4.75. The maximum absolute atomic E-state index is 3.95. The van der Waals surface area contributed by atoms with Crippen LogP contribution >= 0.6 is 0 Å². The van der Waals surface area contributed by atoms with Crippen LogP contribution in [0.1, 0.15) is 58.3 Å². The van der Waals surface area contributed by atoms with E-state index in [9.17, 15) is 0 Å². The molecule has 1 aliphatic carbocycles. The summed E-state index contributed by atoms with van der Waals surface area (Å²) in [6, 6.07) is 0.799. The molecule has 2 heteroatoms. The molecule has 104 valence electrons. The molecule has 2 nitrogen and oxygen atoms in total. The second-order valence-electron chi connectivity index (χ2n) is 6.08. The van der Waals surface area contributed by atoms with E-state index in [1.807, 2.05) is 6.20 Å². The van der Waals surface area contributed by atoms with Crippen molar-refractivity contribution in [2.24, 2.45) is 5.92 Å². The summed E-state index contributed by atoms with van der Waals surface area (Å²) in [6.45, 7) is 9.86. The van der Waals surface area contributed by atoms with Gasteiger partial charge in [-0.1, -0.05) is 45.6 Å². The maximum atomic E-state index is 3.95. The Balaban J connectivity index is 1.95. The van der Waals surface area contributed by atoms with Crippen LogP contribution in [-0.4, -0.2) is 35.6 Å². The first-order valence-electron chi connectivity index (χ1n) is 7.95. The standard InChI is InChI=1S/C16H30N2/c1-3-5-12-18-14-17(4-2)13-16(18)15-10-8-6-7-9-11-15/h4,15-16H,2-3,5-14H2,1H3. The van der Waals surface area contributed by atoms with Gasteiger partial charge in [0, 0.05) is 19.1 Å². The lowest BCUT2D eigenvalue weighted by molar-refractivity contribution is 0.177. The van der Waals surface area contributed by atoms with Crippen molar-refractivity contribution >= 4 is 0 Å². The average Bonchev–Trinajstić information content (AvgIpc) is 2.61. The van der Waals surface area contributed by atoms with Crippen LogP contribution in [0.5, 0.6) is 0 Å². The first-order valence-corrected chi connectivity index (χ1v) is 7.95. The van der Waals surface area contributed by atoms with E-state index in [0.29, 0.717) is 0 Å². The van der Waals surface area contributed by atoms with Crippen LogP contribution in [0.3, 0.4) is 0 Å². The fourth-order valence-corrected chi connectivity index (χ4v) is 3.62. The van der Waals surface area contributed by atoms with E-state index in [1.165, 1.54) is 64.5 Å². The van der Waals surface area contributed by atoms with Gasteiger partial charge in [-0.3, -0.25) is 4.90 Å². The van der Waals surface area contributed by atoms with Gasteiger partial charge in [0.05, 0.1) is 6.67 Å². The molecule has 0 amide bonds. The minimum absolute atomic E-state index is 0.799. The van der Waals surface area contributed by atoms with Crippen molar-refractivity contribution in [3.63, 3.8) is 0 Å². The highest BCUT2D eigenvalue weighted by molar-refractivity contribution is 4.91. The Kier molecular flexibility index (Phi) is 5.55. The molecular weight excluding hydrogens is 220 g/mol. The molecule has 0 aromatic heterocycles. The van der Waals surface area contributed by atoms with Crippen molar-refractivity contribution in [1.82, 2.24) is 9.80 Å². The Labute approximate surface area is 113 Å². The Morgan fingerprint density at radius 2 is 1.89 bits per heavy atom. The predicted octanol–water partition coefficient (Wildman–Crippen LogP) is 3.84. The second kappa shape index (κ2) is 7.18. The van der Waals surface area contributed by atoms with Gasteiger partial charge >= 0.3 is 0 Å². The Hall–Kier alpha value is -0.500. The molecule has 0 spiro atoms. The van der Waals surface area contributed by atoms with E-state index < -0.39 is 0 Å². The highest BCUT2D eigenvalue weighted by Gasteiger charge is 2.34. The van der Waals surface area contributed by atoms with E-state index in [1.54, 1.807) is 0 Å². The predicted molar refractivity (Wildman–Crippen MR) is 78.4 cm³/mol. The highest BCUT2D eigenvalue weighted by Crippen LogP contribution is 2.31. The molecule has 0 N–H and O–H groups in total. The van der Waals surface area contributed by atoms with Crippen molar-refractivity contribution < 1.29 is 0 Å². The van der Waals surface area contributed by atoms with Gasteiger partial charge < -0.3 is 4.90 Å². The lowest BCUT2D eigenvalue weighted by Crippen LogP contribution is -2.37. The third-order valence-corrected chi connectivity index (χ3v) is 4.75. The van der Waals surface area contributed by atoms with Crippen LogP contribution in [0.2, 0.25) is 0 Å². The molecule has 2 fully saturated rings. The molecule has 0 bridgehead atoms. The molecule has 1 unspecified atom stereocenters. The highest BCUT2D eigenvalue weighted by atomic mass is 15.4. The zero-order valence-electron chi connectivity index (χ0n) is 12.1. The normalized spacial score (nSPS) is 27.4. The van der Waals surface area contributed by atoms with E-state index in [4.69, 9.17) is 0 Å². The van der Waals surface area contributed by atoms with E-state index in [0.717, 1.165) is 18.6 Å². The Bertz CT molecular complexity index is 243. The lowest BCUT2D eigenvalue weighted by Gasteiger charge is -2.29. The quantitative estimate of drug-likeness (QED) is 0.684. The summed E-state index contributed by atoms with van der Waals surface area (Å²) < 4.78 is 0. The van der Waals surface area contributed by atoms with Gasteiger partial charge in [0.2, 0.25) is 0 Å². The van der Waals surface area contributed by atoms with Gasteiger partial charge in [-0.15, -0.1) is 0 Å². The van der Waals surface area contributed by atoms with Crippen LogP contribution in [0.15, 0.2) is 12.8 Å². The Morgan fingerprint density at radius 3 is 2.50 bits per heavy atom. The number of nitrogens with zero attached hydrogens (tertiary/aromatic N) is 2. The van der Waals surface area contributed by atoms with Gasteiger partial charge in [-0.2, -0.15) is 0 Å². The fraction of sp³-hybridized carbons (Fsp3) is 0.875. The molecule has 1 atom stereocenters. The van der Waals surface area contributed by atoms with E-state index in [-0.39, 0.29) is 0 Å². The van der Waals surface area contributed by atoms with E-state index >= 15 is 0 Å². The molecule has 0 aromatic carbocycles. The second-order valence-corrected chi connectivity index (χ2v) is 6.08. The molecule has 18 heavy (non-hydrogen) atoms. The summed E-state index contributed by atoms with van der Waals surface area (Å²) >= 11 is 0. The summed E-state index contributed by atoms with van der Waals surface area (Å²) in [7, 11) is 0. The summed E-state index contributed by atoms with van der Waals surface area (Å²) in [5.74, 6) is 0.939. The third kappa shape index (κ3) is 3.50. The first kappa shape index (κ1) is 13.9. The SMILES string of the molecule is C=CN1CC(C2CCCCCC2)N(CCCC)C1. The molecular formula is C16H30N2. The molecule has 1 saturated heterocycles. The molecule has 0 aromatic rings. The average molecular weight is 250 g/mol. The molecule has 2 aliphatic rings. The molecule has 2 rings (SSSR count). The summed E-state index contributed by atoms with van der Waals surface area (Å²) in [4.78, 5) is 5.13. The monoisotopic (exact) mass is 250 g/mol. The van der Waals surface area contributed by atoms with Crippen LogP contribution in [0, 0.1) is 5.92 Å². The van der Waals surface area contributed by atoms with Crippen molar-refractivity contribution in [2.45, 2.75) is 64.3 Å². The molecule has 1 aliphatic heterocycles. The summed E-state index contributed by atoms with van der Waals surface area (Å²) in [5.41, 5.74) is 0. The number of unbranched alkanes of at least 4 members (excludes halogenated alkanes) is 1. The van der Waals surface area contributed by atoms with Gasteiger partial charge in [0.25, 0.3) is 0 Å². The van der Waals surface area contributed by atoms with Crippen LogP contribution < -0.4 is 0 Å². The number of rotatable bonds is 5. The first-order chi connectivity index (χ1) is 8.85. The maximum Gasteiger partial charge on any atom is 0.0705 e. The number of hydrogen-bond donors (Lipinski definition) is 0. The zero-order chi connectivity index (χ0) is 12.8. The van der Waals surface area contributed by atoms with Crippen LogP contribution in [0.4, 0.5) is 0 Å². The smallest absolute Gasteiger partial charge is 0.0705 e. The van der Waals surface area contributed by atoms with E-state index in [2.05, 4.69) is 23.3 Å². The molecule has 1 saturated carbocycles. The molecule has 0 radical (unpaired) electrons. The van der Waals surface area contributed by atoms with Gasteiger partial charge in [0.1, 0.15) is 0 Å². The molecule has 1 heterocycles. The summed E-state index contributed by atoms with van der Waals surface area (Å²) in [5, 5.41) is 0. The topological polar surface area (TPSA) is 6.48 Å². The van der Waals surface area contributed by atoms with Crippen molar-refractivity contribution in [3.05, 3.63) is 12.8 Å². The van der Waals surface area contributed by atoms with Crippen molar-refractivity contribution in [1.29, 1.82) is 0 Å². The van der Waals surface area contributed by atoms with Crippen LogP contribution in [0.25, 0.3) is 0 Å². The zero-order valence-corrected chi connectivity index (χ0v) is 12.1. The van der Waals surface area contributed by atoms with Gasteiger partial charge in [0.15, 0.2) is 0 Å². The van der Waals surface area contributed by atoms with Gasteiger partial charge in [-0.05, 0) is 31.4 Å². The Morgan fingerprint density at radius 1 is 1.17 bits per heavy atom. The number of hydrogen-bond acceptors (Lipinski definition) is 2. The summed E-state index contributed by atoms with van der Waals surface area (Å²) in [6.07, 6.45) is 13.4. The largest absolute Gasteiger partial charge is 0.364 e. The van der Waals surface area contributed by atoms with Crippen LogP contribution in [-0.2, 0) is 0 Å². The van der Waals surface area contributed by atoms with Gasteiger partial charge in [-0.25, -0.2) is 0 Å². The minimum Gasteiger partial charge on any atom is -0.364 e. The lowest BCUT2D eigenvalue weighted by atomic mass is 9.91. The minimum atomic E-state index is 0.799. The van der Waals surface area contributed by atoms with Crippen molar-refractivity contribution in [3.8, 4) is 0 Å².